The summed E-state index contributed by atoms with van der Waals surface area (Å²) in [5.74, 6) is -0.308. The van der Waals surface area contributed by atoms with Gasteiger partial charge in [0.15, 0.2) is 0 Å². The maximum atomic E-state index is 13.5. The number of likely N-dealkylation sites (N-methyl/N-ethyl adjacent to an activating group) is 1. The van der Waals surface area contributed by atoms with E-state index in [0.717, 1.165) is 11.6 Å². The van der Waals surface area contributed by atoms with Gasteiger partial charge in [-0.3, -0.25) is 9.59 Å². The molecule has 4 rings (SSSR count). The van der Waals surface area contributed by atoms with Crippen molar-refractivity contribution in [2.75, 3.05) is 38.6 Å². The Hall–Kier alpha value is -3.54. The minimum absolute atomic E-state index is 0.128. The SMILES string of the molecule is Cc1cccc(C(=O)N2CC3(CCN(c4ccc(C#N)c(C(F)(F)F)c4)CC3)CC2C(=O)N(C)C)c1. The van der Waals surface area contributed by atoms with Crippen LogP contribution in [0, 0.1) is 23.7 Å². The minimum Gasteiger partial charge on any atom is -0.371 e. The maximum absolute atomic E-state index is 13.5. The Morgan fingerprint density at radius 3 is 2.39 bits per heavy atom. The predicted molar refractivity (Wildman–Crippen MR) is 129 cm³/mol. The molecule has 0 N–H and O–H groups in total. The first-order valence-corrected chi connectivity index (χ1v) is 11.9. The second-order valence-electron chi connectivity index (χ2n) is 10.1. The van der Waals surface area contributed by atoms with Crippen LogP contribution in [0.3, 0.4) is 0 Å². The van der Waals surface area contributed by atoms with Crippen LogP contribution in [0.2, 0.25) is 0 Å². The van der Waals surface area contributed by atoms with Crippen molar-refractivity contribution in [2.24, 2.45) is 5.41 Å². The normalized spacial score (nSPS) is 19.3. The Morgan fingerprint density at radius 2 is 1.81 bits per heavy atom. The molecule has 2 saturated heterocycles. The minimum atomic E-state index is -4.61. The van der Waals surface area contributed by atoms with Gasteiger partial charge in [0.2, 0.25) is 5.91 Å². The van der Waals surface area contributed by atoms with E-state index in [1.807, 2.05) is 30.0 Å². The van der Waals surface area contributed by atoms with Gasteiger partial charge in [0.25, 0.3) is 5.91 Å². The topological polar surface area (TPSA) is 67.6 Å². The zero-order valence-electron chi connectivity index (χ0n) is 20.6. The lowest BCUT2D eigenvalue weighted by Gasteiger charge is -2.40. The molecule has 36 heavy (non-hydrogen) atoms. The Morgan fingerprint density at radius 1 is 1.11 bits per heavy atom. The van der Waals surface area contributed by atoms with E-state index in [0.29, 0.717) is 50.1 Å². The lowest BCUT2D eigenvalue weighted by molar-refractivity contribution is -0.137. The van der Waals surface area contributed by atoms with Crippen molar-refractivity contribution in [3.8, 4) is 6.07 Å². The molecular weight excluding hydrogens is 469 g/mol. The number of rotatable bonds is 3. The fourth-order valence-electron chi connectivity index (χ4n) is 5.39. The predicted octanol–water partition coefficient (Wildman–Crippen LogP) is 4.48. The van der Waals surface area contributed by atoms with E-state index in [9.17, 15) is 22.8 Å². The highest BCUT2D eigenvalue weighted by Crippen LogP contribution is 2.45. The smallest absolute Gasteiger partial charge is 0.371 e. The lowest BCUT2D eigenvalue weighted by atomic mass is 9.76. The summed E-state index contributed by atoms with van der Waals surface area (Å²) < 4.78 is 40.3. The number of carbonyl (C=O) groups is 2. The van der Waals surface area contributed by atoms with Crippen LogP contribution in [0.4, 0.5) is 18.9 Å². The Kier molecular flexibility index (Phi) is 6.74. The molecule has 190 valence electrons. The van der Waals surface area contributed by atoms with Gasteiger partial charge in [-0.15, -0.1) is 0 Å². The molecule has 0 aliphatic carbocycles. The van der Waals surface area contributed by atoms with Gasteiger partial charge in [0.1, 0.15) is 6.04 Å². The highest BCUT2D eigenvalue weighted by molar-refractivity contribution is 5.98. The summed E-state index contributed by atoms with van der Waals surface area (Å²) in [5.41, 5.74) is 0.299. The average molecular weight is 499 g/mol. The molecular formula is C27H29F3N4O2. The molecule has 0 bridgehead atoms. The number of halogens is 3. The number of anilines is 1. The van der Waals surface area contributed by atoms with Crippen molar-refractivity contribution in [2.45, 2.75) is 38.4 Å². The van der Waals surface area contributed by atoms with Gasteiger partial charge < -0.3 is 14.7 Å². The summed E-state index contributed by atoms with van der Waals surface area (Å²) in [6, 6.07) is 12.1. The Balaban J connectivity index is 1.55. The first-order chi connectivity index (χ1) is 16.9. The summed E-state index contributed by atoms with van der Waals surface area (Å²) in [4.78, 5) is 31.6. The molecule has 2 amide bonds. The average Bonchev–Trinajstić information content (AvgIpc) is 3.21. The van der Waals surface area contributed by atoms with Crippen LogP contribution in [0.15, 0.2) is 42.5 Å². The van der Waals surface area contributed by atoms with Crippen LogP contribution in [0.25, 0.3) is 0 Å². The van der Waals surface area contributed by atoms with Crippen molar-refractivity contribution in [3.63, 3.8) is 0 Å². The van der Waals surface area contributed by atoms with Gasteiger partial charge in [-0.1, -0.05) is 17.7 Å². The Labute approximate surface area is 208 Å². The van der Waals surface area contributed by atoms with Crippen LogP contribution < -0.4 is 4.90 Å². The number of hydrogen-bond donors (Lipinski definition) is 0. The number of likely N-dealkylation sites (tertiary alicyclic amines) is 1. The number of nitriles is 1. The van der Waals surface area contributed by atoms with Gasteiger partial charge in [-0.2, -0.15) is 18.4 Å². The summed E-state index contributed by atoms with van der Waals surface area (Å²) >= 11 is 0. The third kappa shape index (κ3) is 4.90. The number of alkyl halides is 3. The van der Waals surface area contributed by atoms with Crippen molar-refractivity contribution >= 4 is 17.5 Å². The van der Waals surface area contributed by atoms with Crippen LogP contribution >= 0.6 is 0 Å². The van der Waals surface area contributed by atoms with E-state index in [-0.39, 0.29) is 17.2 Å². The fourth-order valence-corrected chi connectivity index (χ4v) is 5.39. The van der Waals surface area contributed by atoms with Crippen LogP contribution in [-0.2, 0) is 11.0 Å². The highest BCUT2D eigenvalue weighted by Gasteiger charge is 2.50. The molecule has 2 aromatic carbocycles. The monoisotopic (exact) mass is 498 g/mol. The van der Waals surface area contributed by atoms with Crippen LogP contribution in [-0.4, -0.2) is 61.4 Å². The zero-order chi connectivity index (χ0) is 26.3. The van der Waals surface area contributed by atoms with Gasteiger partial charge in [0.05, 0.1) is 17.2 Å². The second-order valence-corrected chi connectivity index (χ2v) is 10.1. The van der Waals surface area contributed by atoms with Crippen molar-refractivity contribution in [3.05, 3.63) is 64.7 Å². The van der Waals surface area contributed by atoms with E-state index in [1.165, 1.54) is 11.0 Å². The van der Waals surface area contributed by atoms with Crippen LogP contribution in [0.5, 0.6) is 0 Å². The molecule has 0 radical (unpaired) electrons. The molecule has 2 aliphatic rings. The lowest BCUT2D eigenvalue weighted by Crippen LogP contribution is -2.45. The number of aryl methyl sites for hydroxylation is 1. The van der Waals surface area contributed by atoms with E-state index in [1.54, 1.807) is 37.2 Å². The number of benzene rings is 2. The third-order valence-electron chi connectivity index (χ3n) is 7.38. The number of piperidine rings is 1. The third-order valence-corrected chi connectivity index (χ3v) is 7.38. The van der Waals surface area contributed by atoms with E-state index in [2.05, 4.69) is 0 Å². The molecule has 1 spiro atoms. The summed E-state index contributed by atoms with van der Waals surface area (Å²) in [6.45, 7) is 3.34. The fraction of sp³-hybridized carbons (Fsp3) is 0.444. The first-order valence-electron chi connectivity index (χ1n) is 11.9. The molecule has 0 aromatic heterocycles. The number of hydrogen-bond acceptors (Lipinski definition) is 4. The maximum Gasteiger partial charge on any atom is 0.417 e. The van der Waals surface area contributed by atoms with E-state index < -0.39 is 23.3 Å². The van der Waals surface area contributed by atoms with Crippen LogP contribution in [0.1, 0.15) is 46.3 Å². The molecule has 0 saturated carbocycles. The van der Waals surface area contributed by atoms with Crippen molar-refractivity contribution < 1.29 is 22.8 Å². The molecule has 2 aliphatic heterocycles. The summed E-state index contributed by atoms with van der Waals surface area (Å²) in [7, 11) is 3.35. The molecule has 2 heterocycles. The molecule has 2 fully saturated rings. The molecule has 2 aromatic rings. The molecule has 9 heteroatoms. The standard InChI is InChI=1S/C27H29F3N4O2/c1-18-5-4-6-19(13-18)24(35)34-17-26(15-23(34)25(36)32(2)3)9-11-33(12-10-26)21-8-7-20(16-31)22(14-21)27(28,29)30/h4-8,13-14,23H,9-12,15,17H2,1-3H3. The van der Waals surface area contributed by atoms with E-state index >= 15 is 0 Å². The van der Waals surface area contributed by atoms with Gasteiger partial charge in [0, 0.05) is 45.0 Å². The second kappa shape index (κ2) is 9.49. The number of amides is 2. The van der Waals surface area contributed by atoms with Crippen molar-refractivity contribution in [1.82, 2.24) is 9.80 Å². The van der Waals surface area contributed by atoms with Crippen molar-refractivity contribution in [1.29, 1.82) is 5.26 Å². The largest absolute Gasteiger partial charge is 0.417 e. The van der Waals surface area contributed by atoms with E-state index in [4.69, 9.17) is 5.26 Å². The Bertz CT molecular complexity index is 1210. The summed E-state index contributed by atoms with van der Waals surface area (Å²) in [5, 5.41) is 9.07. The van der Waals surface area contributed by atoms with Gasteiger partial charge >= 0.3 is 6.18 Å². The molecule has 1 atom stereocenters. The number of carbonyl (C=O) groups excluding carboxylic acids is 2. The highest BCUT2D eigenvalue weighted by atomic mass is 19.4. The summed E-state index contributed by atoms with van der Waals surface area (Å²) in [6.07, 6.45) is -2.80. The zero-order valence-corrected chi connectivity index (χ0v) is 20.6. The first kappa shape index (κ1) is 25.5. The number of nitrogens with zero attached hydrogens (tertiary/aromatic N) is 4. The van der Waals surface area contributed by atoms with Gasteiger partial charge in [-0.05, 0) is 61.9 Å². The molecule has 1 unspecified atom stereocenters. The quantitative estimate of drug-likeness (QED) is 0.626. The van der Waals surface area contributed by atoms with Gasteiger partial charge in [-0.25, -0.2) is 0 Å². The molecule has 6 nitrogen and oxygen atoms in total.